The van der Waals surface area contributed by atoms with Crippen LogP contribution in [-0.2, 0) is 28.7 Å². The molecule has 0 rings (SSSR count). The number of hydrogen-bond donors (Lipinski definition) is 2. The van der Waals surface area contributed by atoms with Gasteiger partial charge >= 0.3 is 23.9 Å². The second-order valence-electron chi connectivity index (χ2n) is 7.07. The summed E-state index contributed by atoms with van der Waals surface area (Å²) in [6, 6.07) is -1.02. The molecule has 27 heavy (non-hydrogen) atoms. The summed E-state index contributed by atoms with van der Waals surface area (Å²) in [6.45, 7) is 8.04. The van der Waals surface area contributed by atoms with Crippen molar-refractivity contribution in [1.29, 1.82) is 0 Å². The molecular weight excluding hydrogens is 358 g/mol. The minimum absolute atomic E-state index is 0.275. The second kappa shape index (κ2) is 10.5. The highest BCUT2D eigenvalue weighted by molar-refractivity contribution is 6.38. The van der Waals surface area contributed by atoms with Crippen LogP contribution in [0.5, 0.6) is 0 Å². The summed E-state index contributed by atoms with van der Waals surface area (Å²) in [5, 5.41) is 4.10. The second-order valence-corrected chi connectivity index (χ2v) is 7.07. The van der Waals surface area contributed by atoms with E-state index in [0.29, 0.717) is 6.42 Å². The first-order valence-electron chi connectivity index (χ1n) is 8.49. The minimum atomic E-state index is -1.24. The van der Waals surface area contributed by atoms with Crippen LogP contribution >= 0.6 is 0 Å². The highest BCUT2D eigenvalue weighted by atomic mass is 16.6. The zero-order chi connectivity index (χ0) is 21.4. The maximum absolute atomic E-state index is 11.9. The molecule has 0 aliphatic heterocycles. The van der Waals surface area contributed by atoms with Crippen LogP contribution in [0.2, 0.25) is 0 Å². The molecule has 0 aliphatic carbocycles. The molecule has 10 heteroatoms. The standard InChI is InChI=1S/C17H29N3O7/c1-8-10(2)12(15(24)26-7)19-14(23)13(22)18-11(21)9-20(6)16(25)27-17(3,4)5/h10,12H,8-9H2,1-7H3,(H,19,23)(H,18,21,22)/t10-,12?/m0/s1. The molecule has 2 N–H and O–H groups in total. The van der Waals surface area contributed by atoms with Crippen molar-refractivity contribution in [1.82, 2.24) is 15.5 Å². The smallest absolute Gasteiger partial charge is 0.410 e. The molecule has 0 aromatic carbocycles. The van der Waals surface area contributed by atoms with Crippen molar-refractivity contribution in [2.45, 2.75) is 52.7 Å². The first kappa shape index (κ1) is 24.4. The molecule has 0 heterocycles. The van der Waals surface area contributed by atoms with Gasteiger partial charge in [0.2, 0.25) is 5.91 Å². The molecule has 0 aromatic heterocycles. The van der Waals surface area contributed by atoms with Crippen molar-refractivity contribution in [2.24, 2.45) is 5.92 Å². The van der Waals surface area contributed by atoms with Crippen LogP contribution in [0.15, 0.2) is 0 Å². The van der Waals surface area contributed by atoms with E-state index in [1.165, 1.54) is 14.2 Å². The molecule has 4 amide bonds. The van der Waals surface area contributed by atoms with E-state index in [9.17, 15) is 24.0 Å². The third-order valence-electron chi connectivity index (χ3n) is 3.50. The van der Waals surface area contributed by atoms with Gasteiger partial charge in [-0.25, -0.2) is 9.59 Å². The Morgan fingerprint density at radius 1 is 1.07 bits per heavy atom. The Balaban J connectivity index is 4.73. The summed E-state index contributed by atoms with van der Waals surface area (Å²) in [7, 11) is 2.48. The van der Waals surface area contributed by atoms with E-state index in [1.807, 2.05) is 12.2 Å². The number of ether oxygens (including phenoxy) is 2. The van der Waals surface area contributed by atoms with Gasteiger partial charge in [0.1, 0.15) is 18.2 Å². The average molecular weight is 387 g/mol. The maximum atomic E-state index is 11.9. The summed E-state index contributed by atoms with van der Waals surface area (Å²) in [6.07, 6.45) is -0.196. The van der Waals surface area contributed by atoms with Gasteiger partial charge in [-0.05, 0) is 26.7 Å². The van der Waals surface area contributed by atoms with E-state index in [1.54, 1.807) is 27.7 Å². The normalized spacial score (nSPS) is 13.0. The number of nitrogens with zero attached hydrogens (tertiary/aromatic N) is 1. The van der Waals surface area contributed by atoms with Gasteiger partial charge in [-0.2, -0.15) is 0 Å². The predicted octanol–water partition coefficient (Wildman–Crippen LogP) is 0.200. The Bertz CT molecular complexity index is 584. The van der Waals surface area contributed by atoms with Gasteiger partial charge in [-0.3, -0.25) is 19.7 Å². The van der Waals surface area contributed by atoms with Gasteiger partial charge in [0, 0.05) is 7.05 Å². The number of amides is 4. The number of likely N-dealkylation sites (N-methyl/N-ethyl adjacent to an activating group) is 1. The summed E-state index contributed by atoms with van der Waals surface area (Å²) in [4.78, 5) is 60.1. The predicted molar refractivity (Wildman–Crippen MR) is 95.4 cm³/mol. The van der Waals surface area contributed by atoms with Crippen LogP contribution in [-0.4, -0.2) is 67.0 Å². The van der Waals surface area contributed by atoms with Crippen molar-refractivity contribution in [2.75, 3.05) is 20.7 Å². The lowest BCUT2D eigenvalue weighted by Gasteiger charge is -2.24. The van der Waals surface area contributed by atoms with Crippen LogP contribution in [0, 0.1) is 5.92 Å². The fourth-order valence-electron chi connectivity index (χ4n) is 1.85. The zero-order valence-corrected chi connectivity index (χ0v) is 16.9. The number of nitrogens with one attached hydrogen (secondary N) is 2. The third kappa shape index (κ3) is 9.02. The molecule has 0 spiro atoms. The summed E-state index contributed by atoms with van der Waals surface area (Å²) in [5.74, 6) is -4.24. The molecule has 0 bridgehead atoms. The Labute approximate surface area is 158 Å². The highest BCUT2D eigenvalue weighted by Gasteiger charge is 2.30. The highest BCUT2D eigenvalue weighted by Crippen LogP contribution is 2.10. The molecule has 154 valence electrons. The first-order chi connectivity index (χ1) is 12.3. The Kier molecular flexibility index (Phi) is 9.46. The summed E-state index contributed by atoms with van der Waals surface area (Å²) >= 11 is 0. The first-order valence-corrected chi connectivity index (χ1v) is 8.49. The molecule has 10 nitrogen and oxygen atoms in total. The number of carbonyl (C=O) groups excluding carboxylic acids is 5. The van der Waals surface area contributed by atoms with E-state index >= 15 is 0 Å². The zero-order valence-electron chi connectivity index (χ0n) is 16.9. The number of esters is 1. The van der Waals surface area contributed by atoms with Crippen molar-refractivity contribution in [3.8, 4) is 0 Å². The molecule has 2 atom stereocenters. The van der Waals surface area contributed by atoms with Gasteiger partial charge in [0.05, 0.1) is 7.11 Å². The Morgan fingerprint density at radius 3 is 2.07 bits per heavy atom. The van der Waals surface area contributed by atoms with E-state index in [4.69, 9.17) is 4.74 Å². The summed E-state index contributed by atoms with van der Waals surface area (Å²) in [5.41, 5.74) is -0.740. The van der Waals surface area contributed by atoms with Crippen molar-refractivity contribution >= 4 is 29.8 Å². The molecular formula is C17H29N3O7. The van der Waals surface area contributed by atoms with Gasteiger partial charge < -0.3 is 19.7 Å². The molecule has 0 aromatic rings. The Hall–Kier alpha value is -2.65. The van der Waals surface area contributed by atoms with Crippen molar-refractivity contribution in [3.63, 3.8) is 0 Å². The van der Waals surface area contributed by atoms with E-state index < -0.39 is 48.0 Å². The monoisotopic (exact) mass is 387 g/mol. The summed E-state index contributed by atoms with van der Waals surface area (Å²) < 4.78 is 9.68. The topological polar surface area (TPSA) is 131 Å². The van der Waals surface area contributed by atoms with Gasteiger partial charge in [0.25, 0.3) is 0 Å². The van der Waals surface area contributed by atoms with Crippen LogP contribution in [0.25, 0.3) is 0 Å². The molecule has 0 saturated carbocycles. The molecule has 0 fully saturated rings. The van der Waals surface area contributed by atoms with Crippen LogP contribution in [0.3, 0.4) is 0 Å². The number of rotatable bonds is 6. The number of carbonyl (C=O) groups is 5. The number of hydrogen-bond acceptors (Lipinski definition) is 7. The van der Waals surface area contributed by atoms with Crippen molar-refractivity contribution < 1.29 is 33.4 Å². The van der Waals surface area contributed by atoms with E-state index in [0.717, 1.165) is 4.90 Å². The Morgan fingerprint density at radius 2 is 1.63 bits per heavy atom. The lowest BCUT2D eigenvalue weighted by atomic mass is 9.99. The molecule has 1 unspecified atom stereocenters. The van der Waals surface area contributed by atoms with Crippen LogP contribution in [0.4, 0.5) is 4.79 Å². The van der Waals surface area contributed by atoms with Gasteiger partial charge in [-0.15, -0.1) is 0 Å². The van der Waals surface area contributed by atoms with Crippen molar-refractivity contribution in [3.05, 3.63) is 0 Å². The van der Waals surface area contributed by atoms with E-state index in [-0.39, 0.29) is 5.92 Å². The lowest BCUT2D eigenvalue weighted by molar-refractivity contribution is -0.148. The van der Waals surface area contributed by atoms with Crippen LogP contribution in [0.1, 0.15) is 41.0 Å². The largest absolute Gasteiger partial charge is 0.467 e. The number of methoxy groups -OCH3 is 1. The molecule has 0 aliphatic rings. The average Bonchev–Trinajstić information content (AvgIpc) is 2.56. The van der Waals surface area contributed by atoms with Gasteiger partial charge in [0.15, 0.2) is 0 Å². The van der Waals surface area contributed by atoms with E-state index in [2.05, 4.69) is 10.1 Å². The fraction of sp³-hybridized carbons (Fsp3) is 0.706. The van der Waals surface area contributed by atoms with Gasteiger partial charge in [-0.1, -0.05) is 20.3 Å². The maximum Gasteiger partial charge on any atom is 0.410 e. The SMILES string of the molecule is CC[C@H](C)C(NC(=O)C(=O)NC(=O)CN(C)C(=O)OC(C)(C)C)C(=O)OC. The quantitative estimate of drug-likeness (QED) is 0.491. The molecule has 0 radical (unpaired) electrons. The number of imide groups is 1. The fourth-order valence-corrected chi connectivity index (χ4v) is 1.85. The van der Waals surface area contributed by atoms with Crippen LogP contribution < -0.4 is 10.6 Å². The minimum Gasteiger partial charge on any atom is -0.467 e. The lowest BCUT2D eigenvalue weighted by Crippen LogP contribution is -2.52. The molecule has 0 saturated heterocycles. The third-order valence-corrected chi connectivity index (χ3v) is 3.50.